The highest BCUT2D eigenvalue weighted by atomic mass is 33.1. The summed E-state index contributed by atoms with van der Waals surface area (Å²) in [5, 5.41) is 5.03. The summed E-state index contributed by atoms with van der Waals surface area (Å²) in [4.78, 5) is 4.74. The molecule has 3 nitrogen and oxygen atoms in total. The van der Waals surface area contributed by atoms with Crippen molar-refractivity contribution in [3.05, 3.63) is 273 Å². The minimum Gasteiger partial charge on any atom is -0.310 e. The molecule has 0 atom stereocenters. The SMILES string of the molecule is SS.c1ccc(-c2ccc(N(c3ccc(-c4cccc(-c5ccc(N(c6ccccc6)c6ccc7sc8ccccc8c7c6)cc5)c4)cc3)c3ccc4c(c3)c3ccccc3n4-c3ccccc3)cc2)cc1. The van der Waals surface area contributed by atoms with Gasteiger partial charge < -0.3 is 14.4 Å². The van der Waals surface area contributed by atoms with Crippen LogP contribution >= 0.6 is 34.7 Å². The fourth-order valence-electron chi connectivity index (χ4n) is 10.2. The van der Waals surface area contributed by atoms with Gasteiger partial charge in [-0.3, -0.25) is 0 Å². The predicted octanol–water partition coefficient (Wildman–Crippen LogP) is 19.9. The Morgan fingerprint density at radius 1 is 0.264 bits per heavy atom. The number of nitrogens with zero attached hydrogens (tertiary/aromatic N) is 3. The minimum atomic E-state index is 1.09. The van der Waals surface area contributed by atoms with Gasteiger partial charge in [-0.1, -0.05) is 158 Å². The molecule has 0 saturated heterocycles. The molecular weight excluding hydrogens is 931 g/mol. The molecule has 0 aliphatic heterocycles. The largest absolute Gasteiger partial charge is 0.310 e. The van der Waals surface area contributed by atoms with E-state index in [4.69, 9.17) is 0 Å². The molecule has 0 N–H and O–H groups in total. The molecule has 0 unspecified atom stereocenters. The summed E-state index contributed by atoms with van der Waals surface area (Å²) in [5.74, 6) is 0. The molecule has 0 amide bonds. The van der Waals surface area contributed by atoms with E-state index in [1.165, 1.54) is 69.8 Å². The monoisotopic (exact) mass is 977 g/mol. The van der Waals surface area contributed by atoms with Crippen LogP contribution in [0.2, 0.25) is 0 Å². The van der Waals surface area contributed by atoms with Crippen LogP contribution < -0.4 is 9.80 Å². The lowest BCUT2D eigenvalue weighted by molar-refractivity contribution is 1.18. The van der Waals surface area contributed by atoms with E-state index < -0.39 is 0 Å². The Balaban J connectivity index is 0.00000262. The zero-order chi connectivity index (χ0) is 48.4. The summed E-state index contributed by atoms with van der Waals surface area (Å²) < 4.78 is 4.99. The van der Waals surface area contributed by atoms with Crippen molar-refractivity contribution in [1.29, 1.82) is 0 Å². The number of para-hydroxylation sites is 3. The third-order valence-electron chi connectivity index (χ3n) is 13.6. The molecule has 2 aromatic heterocycles. The van der Waals surface area contributed by atoms with Crippen molar-refractivity contribution < 1.29 is 0 Å². The Labute approximate surface area is 434 Å². The van der Waals surface area contributed by atoms with Crippen molar-refractivity contribution in [2.75, 3.05) is 9.80 Å². The molecule has 6 heteroatoms. The van der Waals surface area contributed by atoms with Gasteiger partial charge in [-0.05, 0) is 149 Å². The highest BCUT2D eigenvalue weighted by Gasteiger charge is 2.19. The summed E-state index contributed by atoms with van der Waals surface area (Å²) in [7, 11) is 0. The molecule has 0 aliphatic rings. The Morgan fingerprint density at radius 3 is 1.28 bits per heavy atom. The van der Waals surface area contributed by atoms with Crippen LogP contribution in [0, 0.1) is 0 Å². The van der Waals surface area contributed by atoms with E-state index in [1.807, 2.05) is 11.3 Å². The molecule has 344 valence electrons. The van der Waals surface area contributed by atoms with E-state index in [1.54, 1.807) is 0 Å². The van der Waals surface area contributed by atoms with E-state index in [0.717, 1.165) is 45.4 Å². The highest BCUT2D eigenvalue weighted by Crippen LogP contribution is 2.43. The number of anilines is 6. The average Bonchev–Trinajstić information content (AvgIpc) is 4.00. The maximum absolute atomic E-state index is 3.22. The van der Waals surface area contributed by atoms with Crippen molar-refractivity contribution in [3.63, 3.8) is 0 Å². The van der Waals surface area contributed by atoms with Gasteiger partial charge in [-0.25, -0.2) is 0 Å². The first-order chi connectivity index (χ1) is 35.7. The maximum atomic E-state index is 3.22. The zero-order valence-electron chi connectivity index (χ0n) is 39.1. The van der Waals surface area contributed by atoms with Gasteiger partial charge in [0.25, 0.3) is 0 Å². The summed E-state index contributed by atoms with van der Waals surface area (Å²) in [5.41, 5.74) is 17.2. The molecule has 13 rings (SSSR count). The number of benzene rings is 11. The molecule has 2 heterocycles. The van der Waals surface area contributed by atoms with E-state index in [2.05, 4.69) is 311 Å². The van der Waals surface area contributed by atoms with Crippen molar-refractivity contribution >= 4 is 111 Å². The third kappa shape index (κ3) is 8.50. The predicted molar refractivity (Wildman–Crippen MR) is 317 cm³/mol. The molecule has 0 fully saturated rings. The Hall–Kier alpha value is -8.26. The number of aromatic nitrogens is 1. The number of rotatable bonds is 10. The second-order valence-corrected chi connectivity index (χ2v) is 18.8. The molecule has 0 bridgehead atoms. The lowest BCUT2D eigenvalue weighted by Gasteiger charge is -2.26. The van der Waals surface area contributed by atoms with Crippen LogP contribution in [0.15, 0.2) is 273 Å². The molecule has 0 spiro atoms. The molecule has 0 aliphatic carbocycles. The zero-order valence-corrected chi connectivity index (χ0v) is 41.7. The van der Waals surface area contributed by atoms with Gasteiger partial charge in [0.1, 0.15) is 0 Å². The topological polar surface area (TPSA) is 11.4 Å². The molecular formula is C66H47N3S3. The Kier molecular flexibility index (Phi) is 12.4. The van der Waals surface area contributed by atoms with Crippen LogP contribution in [0.3, 0.4) is 0 Å². The van der Waals surface area contributed by atoms with E-state index in [-0.39, 0.29) is 0 Å². The van der Waals surface area contributed by atoms with Crippen LogP contribution in [-0.4, -0.2) is 4.57 Å². The van der Waals surface area contributed by atoms with E-state index >= 15 is 0 Å². The summed E-state index contributed by atoms with van der Waals surface area (Å²) >= 11 is 8.30. The van der Waals surface area contributed by atoms with Crippen LogP contribution in [0.1, 0.15) is 0 Å². The number of thiol groups is 2. The quantitative estimate of drug-likeness (QED) is 0.105. The van der Waals surface area contributed by atoms with Crippen molar-refractivity contribution in [2.24, 2.45) is 0 Å². The van der Waals surface area contributed by atoms with Crippen LogP contribution in [0.4, 0.5) is 34.1 Å². The molecule has 0 saturated carbocycles. The average molecular weight is 978 g/mol. The van der Waals surface area contributed by atoms with Gasteiger partial charge in [-0.2, -0.15) is 0 Å². The fourth-order valence-corrected chi connectivity index (χ4v) is 11.3. The second kappa shape index (κ2) is 19.9. The number of hydrogen-bond donors (Lipinski definition) is 2. The molecule has 72 heavy (non-hydrogen) atoms. The second-order valence-electron chi connectivity index (χ2n) is 17.8. The molecule has 0 radical (unpaired) electrons. The van der Waals surface area contributed by atoms with Crippen LogP contribution in [-0.2, 0) is 0 Å². The van der Waals surface area contributed by atoms with Gasteiger partial charge in [0.15, 0.2) is 0 Å². The van der Waals surface area contributed by atoms with E-state index in [0.29, 0.717) is 0 Å². The van der Waals surface area contributed by atoms with Crippen LogP contribution in [0.25, 0.3) is 81.0 Å². The van der Waals surface area contributed by atoms with E-state index in [9.17, 15) is 0 Å². The van der Waals surface area contributed by atoms with Crippen LogP contribution in [0.5, 0.6) is 0 Å². The normalized spacial score (nSPS) is 11.2. The van der Waals surface area contributed by atoms with Gasteiger partial charge in [0.2, 0.25) is 0 Å². The van der Waals surface area contributed by atoms with Gasteiger partial charge in [0, 0.05) is 70.8 Å². The standard InChI is InChI=1S/C66H45N3S.H2S2/c1-4-15-46(16-5-1)47-27-33-55(34-28-47)68(57-39-41-64-61(44-57)59-23-10-12-25-63(59)69(64)53-21-8-3-9-22-53)56-37-31-49(32-38-56)51-18-14-17-50(43-51)48-29-35-54(36-30-48)67(52-19-6-2-7-20-52)58-40-42-66-62(45-58)60-24-11-13-26-65(60)70-66;1-2/h1-45H;1-2H. The lowest BCUT2D eigenvalue weighted by Crippen LogP contribution is -2.10. The fraction of sp³-hybridized carbons (Fsp3) is 0. The highest BCUT2D eigenvalue weighted by molar-refractivity contribution is 8.59. The summed E-state index contributed by atoms with van der Waals surface area (Å²) in [6, 6.07) is 99.0. The molecule has 13 aromatic rings. The van der Waals surface area contributed by atoms with Crippen molar-refractivity contribution in [1.82, 2.24) is 4.57 Å². The van der Waals surface area contributed by atoms with Gasteiger partial charge in [-0.15, -0.1) is 34.7 Å². The number of fused-ring (bicyclic) bond motifs is 6. The number of hydrogen-bond acceptors (Lipinski definition) is 5. The third-order valence-corrected chi connectivity index (χ3v) is 14.7. The smallest absolute Gasteiger partial charge is 0.0542 e. The molecule has 11 aromatic carbocycles. The number of thiophene rings is 1. The van der Waals surface area contributed by atoms with Gasteiger partial charge >= 0.3 is 0 Å². The summed E-state index contributed by atoms with van der Waals surface area (Å²) in [6.07, 6.45) is 0. The first-order valence-corrected chi connectivity index (χ1v) is 26.4. The Morgan fingerprint density at radius 2 is 0.667 bits per heavy atom. The first kappa shape index (κ1) is 44.9. The van der Waals surface area contributed by atoms with Crippen molar-refractivity contribution in [2.45, 2.75) is 0 Å². The minimum absolute atomic E-state index is 1.09. The lowest BCUT2D eigenvalue weighted by atomic mass is 9.98. The summed E-state index contributed by atoms with van der Waals surface area (Å²) in [6.45, 7) is 0. The first-order valence-electron chi connectivity index (χ1n) is 24.0. The Bertz CT molecular complexity index is 3980. The van der Waals surface area contributed by atoms with Crippen molar-refractivity contribution in [3.8, 4) is 39.1 Å². The van der Waals surface area contributed by atoms with Gasteiger partial charge in [0.05, 0.1) is 11.0 Å². The maximum Gasteiger partial charge on any atom is 0.0542 e.